The van der Waals surface area contributed by atoms with Crippen LogP contribution in [0.25, 0.3) is 11.1 Å². The molecule has 0 spiro atoms. The van der Waals surface area contributed by atoms with Crippen LogP contribution in [0.5, 0.6) is 0 Å². The van der Waals surface area contributed by atoms with Crippen molar-refractivity contribution in [1.82, 2.24) is 20.2 Å². The molecule has 0 aliphatic carbocycles. The molecule has 0 saturated carbocycles. The normalized spacial score (nSPS) is 16.2. The molecule has 0 unspecified atom stereocenters. The zero-order valence-electron chi connectivity index (χ0n) is 32.4. The maximum atomic E-state index is 12.9. The highest BCUT2D eigenvalue weighted by Crippen LogP contribution is 2.22. The summed E-state index contributed by atoms with van der Waals surface area (Å²) < 4.78 is 0. The maximum Gasteiger partial charge on any atom is 0.269 e. The van der Waals surface area contributed by atoms with Gasteiger partial charge < -0.3 is 67.8 Å². The zero-order valence-corrected chi connectivity index (χ0v) is 33.2. The minimum Gasteiger partial charge on any atom is -0.394 e. The quantitative estimate of drug-likeness (QED) is 0.0215. The number of amidine groups is 1. The summed E-state index contributed by atoms with van der Waals surface area (Å²) >= 11 is 5.80. The van der Waals surface area contributed by atoms with Gasteiger partial charge in [0.1, 0.15) is 53.3 Å². The van der Waals surface area contributed by atoms with E-state index in [-0.39, 0.29) is 28.9 Å². The molecule has 8 atom stereocenters. The standard InChI is InChI=1S/C39H56ClN7O12/c40-30-16-45-32(33(46-30)39(42)59)38(41)44-14-2-1-4-22-6-10-24(11-7-22)25-12-8-23(9-13-25)5-3-15-43-31(54)19-47(17-26(50)34(55)36(57)28(52)20-48)18-27(51)35(56)37(58)29(53)21-49/h6-13,16,26-29,34-37,48-53,55-58H,1-5,14-15,17-21H2,(H2,41,44)(H2,42,59)(H,43,54)/t26-,27-,28+,29+,34+,35+,36+,37+/m0/s1. The van der Waals surface area contributed by atoms with Crippen molar-refractivity contribution in [3.63, 3.8) is 0 Å². The van der Waals surface area contributed by atoms with Gasteiger partial charge in [-0.1, -0.05) is 60.1 Å². The van der Waals surface area contributed by atoms with Gasteiger partial charge in [0, 0.05) is 26.2 Å². The number of aliphatic hydroxyl groups excluding tert-OH is 10. The molecule has 3 rings (SSSR count). The average molecular weight is 850 g/mol. The number of rotatable bonds is 26. The first-order valence-electron chi connectivity index (χ1n) is 19.0. The van der Waals surface area contributed by atoms with Gasteiger partial charge in [-0.2, -0.15) is 0 Å². The molecule has 2 amide bonds. The topological polar surface area (TPSA) is 342 Å². The van der Waals surface area contributed by atoms with Crippen molar-refractivity contribution in [3.8, 4) is 11.1 Å². The monoisotopic (exact) mass is 849 g/mol. The van der Waals surface area contributed by atoms with E-state index in [9.17, 15) is 50.4 Å². The first-order valence-corrected chi connectivity index (χ1v) is 19.4. The molecule has 326 valence electrons. The molecule has 15 N–H and O–H groups in total. The van der Waals surface area contributed by atoms with Gasteiger partial charge in [-0.05, 0) is 54.4 Å². The fourth-order valence-electron chi connectivity index (χ4n) is 6.02. The highest BCUT2D eigenvalue weighted by atomic mass is 35.5. The number of carbonyl (C=O) groups is 2. The molecule has 59 heavy (non-hydrogen) atoms. The molecule has 3 aromatic rings. The number of aryl methyl sites for hydroxylation is 2. The molecule has 20 heteroatoms. The largest absolute Gasteiger partial charge is 0.394 e. The minimum absolute atomic E-state index is 0.0242. The third kappa shape index (κ3) is 15.7. The van der Waals surface area contributed by atoms with Gasteiger partial charge in [-0.25, -0.2) is 9.97 Å². The first-order chi connectivity index (χ1) is 28.1. The average Bonchev–Trinajstić information content (AvgIpc) is 3.23. The molecule has 0 saturated heterocycles. The lowest BCUT2D eigenvalue weighted by Gasteiger charge is -2.33. The Labute approximate surface area is 346 Å². The van der Waals surface area contributed by atoms with Crippen LogP contribution in [-0.4, -0.2) is 178 Å². The van der Waals surface area contributed by atoms with E-state index in [0.29, 0.717) is 19.4 Å². The number of nitrogens with one attached hydrogen (secondary N) is 1. The summed E-state index contributed by atoms with van der Waals surface area (Å²) in [7, 11) is 0. The number of benzene rings is 2. The van der Waals surface area contributed by atoms with Gasteiger partial charge in [0.25, 0.3) is 5.91 Å². The van der Waals surface area contributed by atoms with Crippen LogP contribution in [0.2, 0.25) is 5.15 Å². The van der Waals surface area contributed by atoms with E-state index in [1.165, 1.54) is 6.20 Å². The molecular weight excluding hydrogens is 794 g/mol. The van der Waals surface area contributed by atoms with Crippen LogP contribution in [0.4, 0.5) is 0 Å². The number of amides is 2. The Kier molecular flexibility index (Phi) is 20.6. The lowest BCUT2D eigenvalue weighted by atomic mass is 9.99. The lowest BCUT2D eigenvalue weighted by Crippen LogP contribution is -2.54. The van der Waals surface area contributed by atoms with Crippen molar-refractivity contribution in [1.29, 1.82) is 0 Å². The number of nitrogens with two attached hydrogens (primary N) is 2. The number of hydrogen-bond donors (Lipinski definition) is 13. The second-order valence-corrected chi connectivity index (χ2v) is 14.5. The molecule has 0 fully saturated rings. The number of halogens is 1. The van der Waals surface area contributed by atoms with Crippen molar-refractivity contribution in [2.75, 3.05) is 45.9 Å². The third-order valence-corrected chi connectivity index (χ3v) is 9.67. The second-order valence-electron chi connectivity index (χ2n) is 14.1. The number of nitrogens with zero attached hydrogens (tertiary/aromatic N) is 4. The van der Waals surface area contributed by atoms with Crippen LogP contribution in [0.1, 0.15) is 46.6 Å². The van der Waals surface area contributed by atoms with Gasteiger partial charge in [-0.3, -0.25) is 19.5 Å². The molecule has 19 nitrogen and oxygen atoms in total. The van der Waals surface area contributed by atoms with Crippen LogP contribution in [0.3, 0.4) is 0 Å². The summed E-state index contributed by atoms with van der Waals surface area (Å²) in [4.78, 5) is 37.8. The number of aliphatic imine (C=N–C) groups is 1. The van der Waals surface area contributed by atoms with Crippen LogP contribution in [-0.2, 0) is 17.6 Å². The Morgan fingerprint density at radius 1 is 0.695 bits per heavy atom. The maximum absolute atomic E-state index is 12.9. The van der Waals surface area contributed by atoms with Crippen molar-refractivity contribution in [3.05, 3.63) is 82.4 Å². The molecule has 0 bridgehead atoms. The molecule has 0 aliphatic rings. The number of primary amides is 1. The van der Waals surface area contributed by atoms with Crippen LogP contribution in [0, 0.1) is 0 Å². The van der Waals surface area contributed by atoms with Gasteiger partial charge in [0.2, 0.25) is 5.91 Å². The number of carbonyl (C=O) groups excluding carboxylic acids is 2. The van der Waals surface area contributed by atoms with Gasteiger partial charge in [0.15, 0.2) is 5.69 Å². The number of aromatic nitrogens is 2. The van der Waals surface area contributed by atoms with Crippen molar-refractivity contribution in [2.24, 2.45) is 16.5 Å². The summed E-state index contributed by atoms with van der Waals surface area (Å²) in [5.74, 6) is -1.29. The minimum atomic E-state index is -1.97. The van der Waals surface area contributed by atoms with Crippen LogP contribution >= 0.6 is 11.6 Å². The summed E-state index contributed by atoms with van der Waals surface area (Å²) in [5, 5.41) is 102. The SMILES string of the molecule is NC(=O)c1nc(Cl)cnc1C(N)=NCCCCc1ccc(-c2ccc(CCCNC(=O)CN(C[C@H](O)[C@@H](O)[C@H](O)[C@H](O)CO)C[C@H](O)[C@@H](O)[C@H](O)[C@H](O)CO)cc2)cc1. The number of unbranched alkanes of at least 4 members (excludes halogenated alkanes) is 1. The smallest absolute Gasteiger partial charge is 0.269 e. The molecule has 0 aliphatic heterocycles. The van der Waals surface area contributed by atoms with Gasteiger partial charge in [-0.15, -0.1) is 0 Å². The summed E-state index contributed by atoms with van der Waals surface area (Å²) in [5.41, 5.74) is 15.6. The Balaban J connectivity index is 1.46. The second kappa shape index (κ2) is 24.8. The lowest BCUT2D eigenvalue weighted by molar-refractivity contribution is -0.135. The van der Waals surface area contributed by atoms with Crippen molar-refractivity contribution >= 4 is 29.3 Å². The third-order valence-electron chi connectivity index (χ3n) is 9.49. The molecule has 1 heterocycles. The highest BCUT2D eigenvalue weighted by molar-refractivity contribution is 6.29. The summed E-state index contributed by atoms with van der Waals surface area (Å²) in [6.45, 7) is -2.71. The van der Waals surface area contributed by atoms with E-state index < -0.39 is 93.5 Å². The van der Waals surface area contributed by atoms with Gasteiger partial charge >= 0.3 is 0 Å². The first kappa shape index (κ1) is 49.1. The molecule has 0 radical (unpaired) electrons. The highest BCUT2D eigenvalue weighted by Gasteiger charge is 2.34. The fraction of sp³-hybridized carbons (Fsp3) is 0.513. The van der Waals surface area contributed by atoms with E-state index >= 15 is 0 Å². The van der Waals surface area contributed by atoms with E-state index in [0.717, 1.165) is 46.4 Å². The number of aliphatic hydroxyl groups is 10. The van der Waals surface area contributed by atoms with E-state index in [1.54, 1.807) is 0 Å². The Morgan fingerprint density at radius 3 is 1.64 bits per heavy atom. The van der Waals surface area contributed by atoms with E-state index in [1.807, 2.05) is 36.4 Å². The van der Waals surface area contributed by atoms with Crippen molar-refractivity contribution < 1.29 is 60.7 Å². The Bertz CT molecular complexity index is 1750. The molecule has 1 aromatic heterocycles. The molecular formula is C39H56ClN7O12. The summed E-state index contributed by atoms with van der Waals surface area (Å²) in [6, 6.07) is 16.2. The number of hydrogen-bond acceptors (Lipinski definition) is 16. The fourth-order valence-corrected chi connectivity index (χ4v) is 6.16. The zero-order chi connectivity index (χ0) is 43.6. The predicted octanol–water partition coefficient (Wildman–Crippen LogP) is -3.15. The van der Waals surface area contributed by atoms with E-state index in [2.05, 4.69) is 32.4 Å². The van der Waals surface area contributed by atoms with Gasteiger partial charge in [0.05, 0.1) is 38.2 Å². The van der Waals surface area contributed by atoms with Crippen LogP contribution in [0.15, 0.2) is 59.7 Å². The Morgan fingerprint density at radius 2 is 1.17 bits per heavy atom. The molecule has 2 aromatic carbocycles. The predicted molar refractivity (Wildman–Crippen MR) is 216 cm³/mol. The van der Waals surface area contributed by atoms with E-state index in [4.69, 9.17) is 33.3 Å². The summed E-state index contributed by atoms with van der Waals surface area (Å²) in [6.07, 6.45) is -10.1. The van der Waals surface area contributed by atoms with Crippen molar-refractivity contribution in [2.45, 2.75) is 80.9 Å². The Hall–Kier alpha value is -4.22. The van der Waals surface area contributed by atoms with Crippen LogP contribution < -0.4 is 16.8 Å².